The standard InChI is InChI=1S/C9H11ClO/c1-6-3-4-9(10)7(2)8(6)5-11/h3-4,11H,5H2,1-2H3. The first-order valence-corrected chi connectivity index (χ1v) is 3.90. The first-order chi connectivity index (χ1) is 5.16. The molecule has 0 amide bonds. The maximum atomic E-state index is 8.97. The molecule has 0 aliphatic carbocycles. The van der Waals surface area contributed by atoms with Crippen molar-refractivity contribution in [2.45, 2.75) is 20.5 Å². The van der Waals surface area contributed by atoms with Crippen LogP contribution in [0.15, 0.2) is 12.1 Å². The first kappa shape index (κ1) is 8.57. The minimum atomic E-state index is 0.0677. The van der Waals surface area contributed by atoms with Gasteiger partial charge in [-0.15, -0.1) is 0 Å². The Balaban J connectivity index is 3.29. The zero-order chi connectivity index (χ0) is 8.43. The molecular weight excluding hydrogens is 160 g/mol. The molecule has 1 nitrogen and oxygen atoms in total. The number of aliphatic hydroxyl groups is 1. The van der Waals surface area contributed by atoms with E-state index >= 15 is 0 Å². The predicted octanol–water partition coefficient (Wildman–Crippen LogP) is 2.45. The molecule has 0 saturated heterocycles. The molecule has 2 heteroatoms. The Bertz CT molecular complexity index is 269. The van der Waals surface area contributed by atoms with Crippen LogP contribution in [0.25, 0.3) is 0 Å². The van der Waals surface area contributed by atoms with Crippen LogP contribution in [-0.4, -0.2) is 5.11 Å². The van der Waals surface area contributed by atoms with Gasteiger partial charge >= 0.3 is 0 Å². The highest BCUT2D eigenvalue weighted by Gasteiger charge is 2.03. The van der Waals surface area contributed by atoms with Gasteiger partial charge in [-0.2, -0.15) is 0 Å². The second-order valence-corrected chi connectivity index (χ2v) is 3.03. The maximum absolute atomic E-state index is 8.97. The van der Waals surface area contributed by atoms with Crippen LogP contribution >= 0.6 is 11.6 Å². The highest BCUT2D eigenvalue weighted by atomic mass is 35.5. The fourth-order valence-electron chi connectivity index (χ4n) is 1.11. The number of benzene rings is 1. The normalized spacial score (nSPS) is 10.2. The third-order valence-corrected chi connectivity index (χ3v) is 2.33. The van der Waals surface area contributed by atoms with E-state index < -0.39 is 0 Å². The van der Waals surface area contributed by atoms with Crippen LogP contribution in [0, 0.1) is 13.8 Å². The van der Waals surface area contributed by atoms with Crippen LogP contribution in [0.2, 0.25) is 5.02 Å². The monoisotopic (exact) mass is 170 g/mol. The van der Waals surface area contributed by atoms with Crippen molar-refractivity contribution in [2.24, 2.45) is 0 Å². The van der Waals surface area contributed by atoms with Crippen LogP contribution in [0.3, 0.4) is 0 Å². The summed E-state index contributed by atoms with van der Waals surface area (Å²) in [5, 5.41) is 9.69. The number of rotatable bonds is 1. The largest absolute Gasteiger partial charge is 0.392 e. The third-order valence-electron chi connectivity index (χ3n) is 1.92. The molecule has 1 aromatic carbocycles. The Labute approximate surface area is 71.6 Å². The zero-order valence-corrected chi connectivity index (χ0v) is 7.44. The van der Waals surface area contributed by atoms with Gasteiger partial charge in [0.2, 0.25) is 0 Å². The number of halogens is 1. The lowest BCUT2D eigenvalue weighted by atomic mass is 10.0. The Kier molecular flexibility index (Phi) is 2.53. The summed E-state index contributed by atoms with van der Waals surface area (Å²) in [7, 11) is 0. The van der Waals surface area contributed by atoms with E-state index in [1.165, 1.54) is 0 Å². The predicted molar refractivity (Wildman–Crippen MR) is 46.8 cm³/mol. The van der Waals surface area contributed by atoms with Crippen LogP contribution < -0.4 is 0 Å². The lowest BCUT2D eigenvalue weighted by Crippen LogP contribution is -1.93. The number of aryl methyl sites for hydroxylation is 1. The highest BCUT2D eigenvalue weighted by Crippen LogP contribution is 2.21. The molecule has 0 atom stereocenters. The van der Waals surface area contributed by atoms with E-state index in [1.54, 1.807) is 0 Å². The van der Waals surface area contributed by atoms with Crippen LogP contribution in [-0.2, 0) is 6.61 Å². The van der Waals surface area contributed by atoms with Crippen molar-refractivity contribution in [3.63, 3.8) is 0 Å². The van der Waals surface area contributed by atoms with E-state index in [-0.39, 0.29) is 6.61 Å². The molecule has 0 aromatic heterocycles. The lowest BCUT2D eigenvalue weighted by molar-refractivity contribution is 0.280. The van der Waals surface area contributed by atoms with Gasteiger partial charge in [0.25, 0.3) is 0 Å². The minimum absolute atomic E-state index is 0.0677. The summed E-state index contributed by atoms with van der Waals surface area (Å²) in [5.74, 6) is 0. The molecule has 0 aliphatic rings. The smallest absolute Gasteiger partial charge is 0.0687 e. The van der Waals surface area contributed by atoms with Crippen molar-refractivity contribution in [2.75, 3.05) is 0 Å². The van der Waals surface area contributed by atoms with E-state index in [0.29, 0.717) is 0 Å². The Morgan fingerprint density at radius 2 is 2.00 bits per heavy atom. The first-order valence-electron chi connectivity index (χ1n) is 3.52. The second kappa shape index (κ2) is 3.24. The van der Waals surface area contributed by atoms with Gasteiger partial charge in [-0.1, -0.05) is 17.7 Å². The van der Waals surface area contributed by atoms with Gasteiger partial charge in [-0.05, 0) is 36.6 Å². The van der Waals surface area contributed by atoms with Crippen molar-refractivity contribution in [3.05, 3.63) is 33.8 Å². The van der Waals surface area contributed by atoms with Crippen molar-refractivity contribution < 1.29 is 5.11 Å². The average Bonchev–Trinajstić information content (AvgIpc) is 1.99. The van der Waals surface area contributed by atoms with E-state index in [1.807, 2.05) is 26.0 Å². The lowest BCUT2D eigenvalue weighted by Gasteiger charge is -2.07. The van der Waals surface area contributed by atoms with Gasteiger partial charge in [-0.3, -0.25) is 0 Å². The van der Waals surface area contributed by atoms with Gasteiger partial charge in [0.15, 0.2) is 0 Å². The molecule has 0 aliphatic heterocycles. The summed E-state index contributed by atoms with van der Waals surface area (Å²) in [6, 6.07) is 3.77. The van der Waals surface area contributed by atoms with Crippen molar-refractivity contribution >= 4 is 11.6 Å². The van der Waals surface area contributed by atoms with Gasteiger partial charge < -0.3 is 5.11 Å². The Morgan fingerprint density at radius 1 is 1.36 bits per heavy atom. The summed E-state index contributed by atoms with van der Waals surface area (Å²) < 4.78 is 0. The summed E-state index contributed by atoms with van der Waals surface area (Å²) in [5.41, 5.74) is 3.01. The highest BCUT2D eigenvalue weighted by molar-refractivity contribution is 6.31. The second-order valence-electron chi connectivity index (χ2n) is 2.63. The molecule has 1 N–H and O–H groups in total. The van der Waals surface area contributed by atoms with E-state index in [4.69, 9.17) is 16.7 Å². The van der Waals surface area contributed by atoms with Crippen molar-refractivity contribution in [1.82, 2.24) is 0 Å². The fraction of sp³-hybridized carbons (Fsp3) is 0.333. The topological polar surface area (TPSA) is 20.2 Å². The Hall–Kier alpha value is -0.530. The average molecular weight is 171 g/mol. The van der Waals surface area contributed by atoms with Gasteiger partial charge in [-0.25, -0.2) is 0 Å². The molecule has 0 fully saturated rings. The molecular formula is C9H11ClO. The van der Waals surface area contributed by atoms with Crippen molar-refractivity contribution in [1.29, 1.82) is 0 Å². The molecule has 11 heavy (non-hydrogen) atoms. The summed E-state index contributed by atoms with van der Waals surface area (Å²) in [6.07, 6.45) is 0. The molecule has 60 valence electrons. The van der Waals surface area contributed by atoms with Crippen LogP contribution in [0.1, 0.15) is 16.7 Å². The SMILES string of the molecule is Cc1ccc(Cl)c(C)c1CO. The number of hydrogen-bond donors (Lipinski definition) is 1. The maximum Gasteiger partial charge on any atom is 0.0687 e. The summed E-state index contributed by atoms with van der Waals surface area (Å²) >= 11 is 5.85. The van der Waals surface area contributed by atoms with Gasteiger partial charge in [0, 0.05) is 5.02 Å². The Morgan fingerprint density at radius 3 is 2.45 bits per heavy atom. The fourth-order valence-corrected chi connectivity index (χ4v) is 1.28. The number of hydrogen-bond acceptors (Lipinski definition) is 1. The van der Waals surface area contributed by atoms with Crippen LogP contribution in [0.5, 0.6) is 0 Å². The number of aliphatic hydroxyl groups excluding tert-OH is 1. The molecule has 1 rings (SSSR count). The molecule has 1 aromatic rings. The molecule has 0 radical (unpaired) electrons. The van der Waals surface area contributed by atoms with E-state index in [0.717, 1.165) is 21.7 Å². The molecule has 0 unspecified atom stereocenters. The minimum Gasteiger partial charge on any atom is -0.392 e. The van der Waals surface area contributed by atoms with E-state index in [2.05, 4.69) is 0 Å². The van der Waals surface area contributed by atoms with Crippen LogP contribution in [0.4, 0.5) is 0 Å². The quantitative estimate of drug-likeness (QED) is 0.687. The van der Waals surface area contributed by atoms with Gasteiger partial charge in [0.1, 0.15) is 0 Å². The summed E-state index contributed by atoms with van der Waals surface area (Å²) in [4.78, 5) is 0. The zero-order valence-electron chi connectivity index (χ0n) is 6.69. The molecule has 0 bridgehead atoms. The third kappa shape index (κ3) is 1.55. The van der Waals surface area contributed by atoms with Crippen molar-refractivity contribution in [3.8, 4) is 0 Å². The molecule has 0 spiro atoms. The molecule has 0 heterocycles. The molecule has 0 saturated carbocycles. The van der Waals surface area contributed by atoms with E-state index in [9.17, 15) is 0 Å². The summed E-state index contributed by atoms with van der Waals surface area (Å²) in [6.45, 7) is 3.95. The van der Waals surface area contributed by atoms with Gasteiger partial charge in [0.05, 0.1) is 6.61 Å².